The molecule has 2 aliphatic rings. The summed E-state index contributed by atoms with van der Waals surface area (Å²) in [6.07, 6.45) is 7.64. The van der Waals surface area contributed by atoms with Crippen molar-refractivity contribution in [2.24, 2.45) is 5.92 Å². The fourth-order valence-corrected chi connectivity index (χ4v) is 4.60. The highest BCUT2D eigenvalue weighted by Gasteiger charge is 2.32. The number of carbonyl (C=O) groups is 2. The Morgan fingerprint density at radius 3 is 2.63 bits per heavy atom. The van der Waals surface area contributed by atoms with Crippen LogP contribution < -0.4 is 0 Å². The fraction of sp³-hybridized carbons (Fsp3) is 0.292. The van der Waals surface area contributed by atoms with E-state index >= 15 is 0 Å². The second-order valence-electron chi connectivity index (χ2n) is 8.09. The van der Waals surface area contributed by atoms with E-state index in [0.29, 0.717) is 41.6 Å². The van der Waals surface area contributed by atoms with Gasteiger partial charge in [0.1, 0.15) is 0 Å². The van der Waals surface area contributed by atoms with Crippen LogP contribution >= 0.6 is 11.6 Å². The summed E-state index contributed by atoms with van der Waals surface area (Å²) in [5.74, 6) is -0.552. The van der Waals surface area contributed by atoms with Crippen LogP contribution in [0.25, 0.3) is 11.1 Å². The summed E-state index contributed by atoms with van der Waals surface area (Å²) in [4.78, 5) is 29.6. The van der Waals surface area contributed by atoms with Crippen molar-refractivity contribution in [1.82, 2.24) is 9.38 Å². The minimum atomic E-state index is -0.762. The number of aromatic nitrogens is 2. The van der Waals surface area contributed by atoms with Gasteiger partial charge in [0.15, 0.2) is 5.82 Å². The Kier molecular flexibility index (Phi) is 4.70. The molecule has 0 bridgehead atoms. The molecule has 2 aromatic heterocycles. The lowest BCUT2D eigenvalue weighted by Gasteiger charge is -2.17. The number of halogens is 1. The van der Waals surface area contributed by atoms with E-state index in [1.54, 1.807) is 6.07 Å². The van der Waals surface area contributed by atoms with E-state index in [2.05, 4.69) is 0 Å². The molecule has 1 atom stereocenters. The first-order valence-corrected chi connectivity index (χ1v) is 10.6. The number of carboxylic acid groups (broad SMARTS) is 1. The molecule has 1 fully saturated rings. The SMILES string of the molecule is O=C(c1c(Cl)cccc1C1CC1)c1nc(C2=CCC(C(=O)O)CC2)c2ccccn12. The van der Waals surface area contributed by atoms with Crippen LogP contribution in [-0.2, 0) is 4.79 Å². The standard InChI is InChI=1S/C24H21ClN2O3/c25-18-5-3-4-17(14-7-8-14)20(18)22(28)23-26-21(19-6-1-2-13-27(19)23)15-9-11-16(12-10-15)24(29)30/h1-6,9,13-14,16H,7-8,10-12H2,(H,29,30). The molecule has 0 spiro atoms. The van der Waals surface area contributed by atoms with Crippen LogP contribution in [0.3, 0.4) is 0 Å². The van der Waals surface area contributed by atoms with Crippen LogP contribution in [0.4, 0.5) is 0 Å². The number of benzene rings is 1. The minimum absolute atomic E-state index is 0.172. The number of hydrogen-bond acceptors (Lipinski definition) is 3. The Balaban J connectivity index is 1.61. The maximum absolute atomic E-state index is 13.6. The summed E-state index contributed by atoms with van der Waals surface area (Å²) in [6, 6.07) is 11.4. The monoisotopic (exact) mass is 420 g/mol. The highest BCUT2D eigenvalue weighted by atomic mass is 35.5. The zero-order chi connectivity index (χ0) is 20.8. The van der Waals surface area contributed by atoms with Gasteiger partial charge in [-0.15, -0.1) is 0 Å². The quantitative estimate of drug-likeness (QED) is 0.563. The Labute approximate surface area is 179 Å². The summed E-state index contributed by atoms with van der Waals surface area (Å²) in [5.41, 5.74) is 4.15. The molecule has 0 aliphatic heterocycles. The van der Waals surface area contributed by atoms with Gasteiger partial charge in [0.25, 0.3) is 0 Å². The number of allylic oxidation sites excluding steroid dienone is 2. The number of ketones is 1. The van der Waals surface area contributed by atoms with E-state index in [1.165, 1.54) is 0 Å². The molecule has 1 aromatic carbocycles. The number of pyridine rings is 1. The van der Waals surface area contributed by atoms with Crippen LogP contribution in [0.15, 0.2) is 48.7 Å². The van der Waals surface area contributed by atoms with Crippen LogP contribution in [0, 0.1) is 5.92 Å². The normalized spacial score (nSPS) is 19.0. The molecule has 1 N–H and O–H groups in total. The molecular formula is C24H21ClN2O3. The van der Waals surface area contributed by atoms with Gasteiger partial charge in [-0.2, -0.15) is 0 Å². The van der Waals surface area contributed by atoms with Crippen molar-refractivity contribution in [3.8, 4) is 0 Å². The van der Waals surface area contributed by atoms with E-state index in [0.717, 1.165) is 35.2 Å². The zero-order valence-corrected chi connectivity index (χ0v) is 17.1. The second kappa shape index (κ2) is 7.40. The molecule has 0 radical (unpaired) electrons. The number of carbonyl (C=O) groups excluding carboxylic acids is 1. The minimum Gasteiger partial charge on any atom is -0.481 e. The zero-order valence-electron chi connectivity index (χ0n) is 16.3. The molecule has 1 saturated carbocycles. The Bertz CT molecular complexity index is 1210. The number of hydrogen-bond donors (Lipinski definition) is 1. The molecule has 6 heteroatoms. The molecule has 5 rings (SSSR count). The van der Waals surface area contributed by atoms with E-state index in [1.807, 2.05) is 47.0 Å². The summed E-state index contributed by atoms with van der Waals surface area (Å²) >= 11 is 6.47. The van der Waals surface area contributed by atoms with Gasteiger partial charge >= 0.3 is 5.97 Å². The third-order valence-corrected chi connectivity index (χ3v) is 6.42. The predicted molar refractivity (Wildman–Crippen MR) is 115 cm³/mol. The van der Waals surface area contributed by atoms with Gasteiger partial charge in [-0.1, -0.05) is 35.9 Å². The van der Waals surface area contributed by atoms with Gasteiger partial charge in [0, 0.05) is 11.8 Å². The molecule has 5 nitrogen and oxygen atoms in total. The molecule has 2 aliphatic carbocycles. The molecule has 0 saturated heterocycles. The summed E-state index contributed by atoms with van der Waals surface area (Å²) < 4.78 is 1.82. The summed E-state index contributed by atoms with van der Waals surface area (Å²) in [6.45, 7) is 0. The lowest BCUT2D eigenvalue weighted by atomic mass is 9.88. The molecule has 30 heavy (non-hydrogen) atoms. The van der Waals surface area contributed by atoms with Crippen LogP contribution in [0.1, 0.15) is 65.5 Å². The number of imidazole rings is 1. The van der Waals surface area contributed by atoms with Crippen molar-refractivity contribution in [2.45, 2.75) is 38.0 Å². The fourth-order valence-electron chi connectivity index (χ4n) is 4.33. The summed E-state index contributed by atoms with van der Waals surface area (Å²) in [5, 5.41) is 9.72. The maximum atomic E-state index is 13.6. The van der Waals surface area contributed by atoms with Gasteiger partial charge in [-0.25, -0.2) is 4.98 Å². The highest BCUT2D eigenvalue weighted by Crippen LogP contribution is 2.43. The van der Waals surface area contributed by atoms with Crippen molar-refractivity contribution in [1.29, 1.82) is 0 Å². The molecule has 2 heterocycles. The van der Waals surface area contributed by atoms with Gasteiger partial charge in [-0.3, -0.25) is 14.0 Å². The Morgan fingerprint density at radius 1 is 1.10 bits per heavy atom. The first-order chi connectivity index (χ1) is 14.5. The lowest BCUT2D eigenvalue weighted by Crippen LogP contribution is -2.15. The first-order valence-electron chi connectivity index (χ1n) is 10.3. The van der Waals surface area contributed by atoms with Crippen molar-refractivity contribution >= 4 is 34.4 Å². The Hall–Kier alpha value is -2.92. The second-order valence-corrected chi connectivity index (χ2v) is 8.49. The van der Waals surface area contributed by atoms with E-state index in [9.17, 15) is 14.7 Å². The number of aliphatic carboxylic acids is 1. The van der Waals surface area contributed by atoms with E-state index < -0.39 is 5.97 Å². The maximum Gasteiger partial charge on any atom is 0.306 e. The van der Waals surface area contributed by atoms with Gasteiger partial charge in [0.2, 0.25) is 5.78 Å². The van der Waals surface area contributed by atoms with Gasteiger partial charge in [0.05, 0.1) is 22.2 Å². The van der Waals surface area contributed by atoms with E-state index in [4.69, 9.17) is 16.6 Å². The first kappa shape index (κ1) is 19.1. The number of fused-ring (bicyclic) bond motifs is 1. The van der Waals surface area contributed by atoms with Crippen molar-refractivity contribution in [3.05, 3.63) is 76.3 Å². The van der Waals surface area contributed by atoms with Crippen LogP contribution in [0.2, 0.25) is 5.02 Å². The summed E-state index contributed by atoms with van der Waals surface area (Å²) in [7, 11) is 0. The third-order valence-electron chi connectivity index (χ3n) is 6.11. The van der Waals surface area contributed by atoms with Gasteiger partial charge < -0.3 is 5.11 Å². The van der Waals surface area contributed by atoms with Crippen LogP contribution in [-0.4, -0.2) is 26.2 Å². The Morgan fingerprint density at radius 2 is 1.93 bits per heavy atom. The average Bonchev–Trinajstić information content (AvgIpc) is 3.53. The number of nitrogens with zero attached hydrogens (tertiary/aromatic N) is 2. The largest absolute Gasteiger partial charge is 0.481 e. The molecule has 0 amide bonds. The van der Waals surface area contributed by atoms with Crippen molar-refractivity contribution in [2.75, 3.05) is 0 Å². The smallest absolute Gasteiger partial charge is 0.306 e. The molecule has 1 unspecified atom stereocenters. The van der Waals surface area contributed by atoms with E-state index in [-0.39, 0.29) is 11.7 Å². The van der Waals surface area contributed by atoms with Gasteiger partial charge in [-0.05, 0) is 67.4 Å². The number of carboxylic acids is 1. The molecule has 3 aromatic rings. The third kappa shape index (κ3) is 3.23. The molecular weight excluding hydrogens is 400 g/mol. The molecule has 152 valence electrons. The predicted octanol–water partition coefficient (Wildman–Crippen LogP) is 5.36. The van der Waals surface area contributed by atoms with Crippen molar-refractivity contribution in [3.63, 3.8) is 0 Å². The van der Waals surface area contributed by atoms with Crippen LogP contribution in [0.5, 0.6) is 0 Å². The average molecular weight is 421 g/mol. The highest BCUT2D eigenvalue weighted by molar-refractivity contribution is 6.35. The topological polar surface area (TPSA) is 71.7 Å². The lowest BCUT2D eigenvalue weighted by molar-refractivity contribution is -0.141. The van der Waals surface area contributed by atoms with Crippen molar-refractivity contribution < 1.29 is 14.7 Å². The number of rotatable bonds is 5.